The van der Waals surface area contributed by atoms with Crippen LogP contribution in [0.3, 0.4) is 0 Å². The van der Waals surface area contributed by atoms with Gasteiger partial charge in [-0.25, -0.2) is 9.18 Å². The van der Waals surface area contributed by atoms with Crippen LogP contribution >= 0.6 is 0 Å². The predicted molar refractivity (Wildman–Crippen MR) is 87.9 cm³/mol. The van der Waals surface area contributed by atoms with E-state index in [0.29, 0.717) is 30.8 Å². The molecule has 2 aliphatic rings. The smallest absolute Gasteiger partial charge is 0.415 e. The molecule has 8 heteroatoms. The molecule has 2 heterocycles. The molecule has 2 amide bonds. The highest BCUT2D eigenvalue weighted by Crippen LogP contribution is 2.29. The lowest BCUT2D eigenvalue weighted by atomic mass is 9.98. The van der Waals surface area contributed by atoms with Crippen molar-refractivity contribution in [1.29, 1.82) is 5.26 Å². The number of carbonyl (C=O) groups excluding carboxylic acids is 2. The number of amides is 2. The topological polar surface area (TPSA) is 85.7 Å². The minimum absolute atomic E-state index is 0.0388. The molecule has 7 nitrogen and oxygen atoms in total. The number of carbonyl (C=O) groups is 2. The molecule has 1 saturated heterocycles. The summed E-state index contributed by atoms with van der Waals surface area (Å²) in [7, 11) is 1.46. The molecule has 1 atom stereocenters. The van der Waals surface area contributed by atoms with Crippen molar-refractivity contribution in [2.75, 3.05) is 31.6 Å². The van der Waals surface area contributed by atoms with Gasteiger partial charge in [-0.05, 0) is 30.2 Å². The van der Waals surface area contributed by atoms with Crippen molar-refractivity contribution in [3.05, 3.63) is 35.7 Å². The summed E-state index contributed by atoms with van der Waals surface area (Å²) in [5.41, 5.74) is 1.63. The molecule has 0 aromatic heterocycles. The maximum absolute atomic E-state index is 14.5. The number of cyclic esters (lactones) is 1. The SMILES string of the molecule is CNC(=O)[C@H]1CN(c2ccc(C3=CCN(C#N)CC3)c(F)c2)C(=O)O1. The first-order chi connectivity index (χ1) is 12.0. The zero-order valence-corrected chi connectivity index (χ0v) is 13.7. The minimum atomic E-state index is -0.904. The number of likely N-dealkylation sites (N-methyl/N-ethyl adjacent to an activating group) is 1. The van der Waals surface area contributed by atoms with Gasteiger partial charge in [0.15, 0.2) is 12.3 Å². The molecule has 0 bridgehead atoms. The molecule has 3 rings (SSSR count). The second kappa shape index (κ2) is 6.81. The van der Waals surface area contributed by atoms with E-state index in [1.807, 2.05) is 6.08 Å². The van der Waals surface area contributed by atoms with E-state index in [9.17, 15) is 14.0 Å². The summed E-state index contributed by atoms with van der Waals surface area (Å²) in [4.78, 5) is 26.3. The number of nitrogens with zero attached hydrogens (tertiary/aromatic N) is 3. The number of ether oxygens (including phenoxy) is 1. The van der Waals surface area contributed by atoms with Gasteiger partial charge in [0.2, 0.25) is 0 Å². The van der Waals surface area contributed by atoms with Crippen molar-refractivity contribution in [1.82, 2.24) is 10.2 Å². The second-order valence-corrected chi connectivity index (χ2v) is 5.79. The molecular weight excluding hydrogens is 327 g/mol. The van der Waals surface area contributed by atoms with Gasteiger partial charge in [-0.2, -0.15) is 5.26 Å². The third-order valence-electron chi connectivity index (χ3n) is 4.31. The van der Waals surface area contributed by atoms with Crippen LogP contribution in [0.15, 0.2) is 24.3 Å². The van der Waals surface area contributed by atoms with Gasteiger partial charge in [-0.3, -0.25) is 9.69 Å². The van der Waals surface area contributed by atoms with E-state index in [4.69, 9.17) is 10.00 Å². The van der Waals surface area contributed by atoms with Gasteiger partial charge in [0.1, 0.15) is 5.82 Å². The van der Waals surface area contributed by atoms with Crippen molar-refractivity contribution < 1.29 is 18.7 Å². The van der Waals surface area contributed by atoms with E-state index < -0.39 is 23.9 Å². The van der Waals surface area contributed by atoms with Crippen LogP contribution in [0.4, 0.5) is 14.9 Å². The van der Waals surface area contributed by atoms with Crippen molar-refractivity contribution >= 4 is 23.3 Å². The molecule has 1 fully saturated rings. The molecule has 0 spiro atoms. The summed E-state index contributed by atoms with van der Waals surface area (Å²) in [6.07, 6.45) is 2.89. The average Bonchev–Trinajstić information content (AvgIpc) is 3.03. The number of halogens is 1. The summed E-state index contributed by atoms with van der Waals surface area (Å²) in [5.74, 6) is -0.854. The summed E-state index contributed by atoms with van der Waals surface area (Å²) >= 11 is 0. The van der Waals surface area contributed by atoms with Gasteiger partial charge >= 0.3 is 6.09 Å². The lowest BCUT2D eigenvalue weighted by Gasteiger charge is -2.22. The molecule has 1 aromatic carbocycles. The first-order valence-electron chi connectivity index (χ1n) is 7.87. The Labute approximate surface area is 144 Å². The van der Waals surface area contributed by atoms with Gasteiger partial charge in [0, 0.05) is 25.7 Å². The fourth-order valence-corrected chi connectivity index (χ4v) is 2.91. The summed E-state index contributed by atoms with van der Waals surface area (Å²) in [5, 5.41) is 11.3. The van der Waals surface area contributed by atoms with E-state index in [2.05, 4.69) is 11.5 Å². The molecule has 0 saturated carbocycles. The van der Waals surface area contributed by atoms with Crippen LogP contribution < -0.4 is 10.2 Å². The number of anilines is 1. The molecular formula is C17H17FN4O3. The first kappa shape index (κ1) is 16.8. The van der Waals surface area contributed by atoms with Gasteiger partial charge in [0.25, 0.3) is 5.91 Å². The van der Waals surface area contributed by atoms with Gasteiger partial charge in [-0.1, -0.05) is 6.08 Å². The van der Waals surface area contributed by atoms with Crippen molar-refractivity contribution in [3.63, 3.8) is 0 Å². The highest BCUT2D eigenvalue weighted by atomic mass is 19.1. The minimum Gasteiger partial charge on any atom is -0.434 e. The zero-order chi connectivity index (χ0) is 18.0. The van der Waals surface area contributed by atoms with Crippen LogP contribution in [-0.2, 0) is 9.53 Å². The number of hydrogen-bond donors (Lipinski definition) is 1. The Morgan fingerprint density at radius 3 is 2.88 bits per heavy atom. The normalized spacial score (nSPS) is 20.0. The van der Waals surface area contributed by atoms with E-state index in [0.717, 1.165) is 5.57 Å². The van der Waals surface area contributed by atoms with Crippen LogP contribution in [0.25, 0.3) is 5.57 Å². The first-order valence-corrected chi connectivity index (χ1v) is 7.87. The molecule has 1 aromatic rings. The Bertz CT molecular complexity index is 787. The Morgan fingerprint density at radius 2 is 2.28 bits per heavy atom. The lowest BCUT2D eigenvalue weighted by molar-refractivity contribution is -0.127. The van der Waals surface area contributed by atoms with Crippen molar-refractivity contribution in [2.24, 2.45) is 0 Å². The summed E-state index contributed by atoms with van der Waals surface area (Å²) in [6, 6.07) is 4.50. The number of nitrogens with one attached hydrogen (secondary N) is 1. The highest BCUT2D eigenvalue weighted by Gasteiger charge is 2.36. The van der Waals surface area contributed by atoms with Crippen LogP contribution in [0.5, 0.6) is 0 Å². The number of nitriles is 1. The third-order valence-corrected chi connectivity index (χ3v) is 4.31. The Hall–Kier alpha value is -3.08. The quantitative estimate of drug-likeness (QED) is 0.839. The average molecular weight is 344 g/mol. The van der Waals surface area contributed by atoms with Crippen LogP contribution in [0, 0.1) is 17.3 Å². The molecule has 25 heavy (non-hydrogen) atoms. The van der Waals surface area contributed by atoms with Crippen LogP contribution in [0.1, 0.15) is 12.0 Å². The summed E-state index contributed by atoms with van der Waals surface area (Å²) < 4.78 is 19.5. The maximum Gasteiger partial charge on any atom is 0.415 e. The molecule has 130 valence electrons. The van der Waals surface area contributed by atoms with E-state index in [-0.39, 0.29) is 6.54 Å². The van der Waals surface area contributed by atoms with E-state index in [1.165, 1.54) is 18.0 Å². The van der Waals surface area contributed by atoms with Crippen molar-refractivity contribution in [3.8, 4) is 6.19 Å². The van der Waals surface area contributed by atoms with Crippen LogP contribution in [0.2, 0.25) is 0 Å². The molecule has 0 unspecified atom stereocenters. The molecule has 0 aliphatic carbocycles. The Morgan fingerprint density at radius 1 is 1.48 bits per heavy atom. The molecule has 0 radical (unpaired) electrons. The monoisotopic (exact) mass is 344 g/mol. The molecule has 2 aliphatic heterocycles. The fraction of sp³-hybridized carbons (Fsp3) is 0.353. The largest absolute Gasteiger partial charge is 0.434 e. The summed E-state index contributed by atoms with van der Waals surface area (Å²) in [6.45, 7) is 1.05. The highest BCUT2D eigenvalue weighted by molar-refractivity contribution is 5.95. The van der Waals surface area contributed by atoms with Crippen molar-refractivity contribution in [2.45, 2.75) is 12.5 Å². The van der Waals surface area contributed by atoms with Gasteiger partial charge in [-0.15, -0.1) is 0 Å². The van der Waals surface area contributed by atoms with E-state index in [1.54, 1.807) is 17.0 Å². The Kier molecular flexibility index (Phi) is 4.57. The molecule has 1 N–H and O–H groups in total. The third kappa shape index (κ3) is 3.26. The van der Waals surface area contributed by atoms with E-state index >= 15 is 0 Å². The maximum atomic E-state index is 14.5. The standard InChI is InChI=1S/C17H17FN4O3/c1-20-16(23)15-9-22(17(24)25-15)12-2-3-13(14(18)8-12)11-4-6-21(10-19)7-5-11/h2-4,8,15H,5-7,9H2,1H3,(H,20,23)/t15-/m1/s1. The zero-order valence-electron chi connectivity index (χ0n) is 13.7. The predicted octanol–water partition coefficient (Wildman–Crippen LogP) is 1.47. The van der Waals surface area contributed by atoms with Gasteiger partial charge in [0.05, 0.1) is 12.2 Å². The Balaban J connectivity index is 1.79. The number of rotatable bonds is 3. The second-order valence-electron chi connectivity index (χ2n) is 5.79. The lowest BCUT2D eigenvalue weighted by Crippen LogP contribution is -2.35. The fourth-order valence-electron chi connectivity index (χ4n) is 2.91. The number of benzene rings is 1. The van der Waals surface area contributed by atoms with Gasteiger partial charge < -0.3 is 15.0 Å². The van der Waals surface area contributed by atoms with Crippen LogP contribution in [-0.4, -0.2) is 49.7 Å². The number of hydrogen-bond acceptors (Lipinski definition) is 5.